The number of carbonyl (C=O) groups is 1. The van der Waals surface area contributed by atoms with Crippen LogP contribution in [0.5, 0.6) is 0 Å². The van der Waals surface area contributed by atoms with Crippen LogP contribution in [0.1, 0.15) is 16.7 Å². The first-order chi connectivity index (χ1) is 12.8. The molecule has 0 radical (unpaired) electrons. The molecule has 0 saturated heterocycles. The van der Waals surface area contributed by atoms with Crippen LogP contribution in [0.2, 0.25) is 0 Å². The Morgan fingerprint density at radius 2 is 1.74 bits per heavy atom. The maximum Gasteiger partial charge on any atom is 0.416 e. The van der Waals surface area contributed by atoms with E-state index < -0.39 is 11.7 Å². The van der Waals surface area contributed by atoms with Crippen LogP contribution in [0.4, 0.5) is 13.2 Å². The van der Waals surface area contributed by atoms with Crippen molar-refractivity contribution in [1.82, 2.24) is 4.90 Å². The first-order valence-electron chi connectivity index (χ1n) is 8.39. The minimum absolute atomic E-state index is 0.0231. The van der Waals surface area contributed by atoms with E-state index in [9.17, 15) is 23.1 Å². The Bertz CT molecular complexity index is 850. The molecule has 0 bridgehead atoms. The molecule has 7 heteroatoms. The molecule has 1 heterocycles. The number of aliphatic hydroxyl groups excluding tert-OH is 1. The van der Waals surface area contributed by atoms with E-state index in [2.05, 4.69) is 0 Å². The van der Waals surface area contributed by atoms with Crippen LogP contribution in [-0.4, -0.2) is 29.0 Å². The van der Waals surface area contributed by atoms with Gasteiger partial charge in [-0.3, -0.25) is 4.79 Å². The molecule has 0 fully saturated rings. The van der Waals surface area contributed by atoms with Crippen molar-refractivity contribution in [3.8, 4) is 0 Å². The Balaban J connectivity index is 1.59. The molecule has 2 aromatic rings. The summed E-state index contributed by atoms with van der Waals surface area (Å²) in [5.74, 6) is -0.118. The van der Waals surface area contributed by atoms with Crippen molar-refractivity contribution >= 4 is 17.7 Å². The Morgan fingerprint density at radius 3 is 2.44 bits per heavy atom. The molecular weight excluding hydrogens is 375 g/mol. The third kappa shape index (κ3) is 4.86. The second kappa shape index (κ2) is 8.08. The van der Waals surface area contributed by atoms with Crippen LogP contribution in [0.15, 0.2) is 65.3 Å². The van der Waals surface area contributed by atoms with Gasteiger partial charge in [0.15, 0.2) is 0 Å². The van der Waals surface area contributed by atoms with E-state index in [0.29, 0.717) is 18.5 Å². The summed E-state index contributed by atoms with van der Waals surface area (Å²) in [6.07, 6.45) is -3.73. The van der Waals surface area contributed by atoms with Gasteiger partial charge in [-0.1, -0.05) is 48.5 Å². The van der Waals surface area contributed by atoms with Gasteiger partial charge in [-0.15, -0.1) is 11.8 Å². The van der Waals surface area contributed by atoms with Crippen molar-refractivity contribution in [3.05, 3.63) is 82.0 Å². The van der Waals surface area contributed by atoms with Crippen LogP contribution in [0.25, 0.3) is 0 Å². The Labute approximate surface area is 159 Å². The standard InChI is InChI=1S/C20H18F3NO2S/c21-20(22,23)16-8-4-7-15(11-16)13-27-18-17(25)12-24(19(18)26)10-9-14-5-2-1-3-6-14/h1-8,11,25H,9-10,12-13H2. The maximum atomic E-state index is 12.8. The van der Waals surface area contributed by atoms with Gasteiger partial charge in [-0.2, -0.15) is 13.2 Å². The second-order valence-electron chi connectivity index (χ2n) is 6.22. The van der Waals surface area contributed by atoms with Crippen LogP contribution in [0, 0.1) is 0 Å². The molecule has 142 valence electrons. The van der Waals surface area contributed by atoms with E-state index in [1.165, 1.54) is 6.07 Å². The highest BCUT2D eigenvalue weighted by Gasteiger charge is 2.32. The monoisotopic (exact) mass is 393 g/mol. The quantitative estimate of drug-likeness (QED) is 0.767. The topological polar surface area (TPSA) is 40.5 Å². The second-order valence-corrected chi connectivity index (χ2v) is 7.21. The van der Waals surface area contributed by atoms with Gasteiger partial charge >= 0.3 is 6.18 Å². The molecule has 0 saturated carbocycles. The van der Waals surface area contributed by atoms with Gasteiger partial charge in [0.05, 0.1) is 12.1 Å². The lowest BCUT2D eigenvalue weighted by atomic mass is 10.1. The molecule has 27 heavy (non-hydrogen) atoms. The fraction of sp³-hybridized carbons (Fsp3) is 0.250. The van der Waals surface area contributed by atoms with E-state index in [0.717, 1.165) is 29.5 Å². The lowest BCUT2D eigenvalue weighted by Gasteiger charge is -2.16. The molecule has 3 nitrogen and oxygen atoms in total. The molecule has 1 N–H and O–H groups in total. The van der Waals surface area contributed by atoms with Gasteiger partial charge in [-0.05, 0) is 23.6 Å². The summed E-state index contributed by atoms with van der Waals surface area (Å²) < 4.78 is 38.4. The lowest BCUT2D eigenvalue weighted by Crippen LogP contribution is -2.29. The van der Waals surface area contributed by atoms with E-state index in [1.54, 1.807) is 11.0 Å². The van der Waals surface area contributed by atoms with E-state index in [4.69, 9.17) is 0 Å². The molecular formula is C20H18F3NO2S. The highest BCUT2D eigenvalue weighted by molar-refractivity contribution is 8.03. The molecule has 0 aromatic heterocycles. The number of carbonyl (C=O) groups excluding carboxylic acids is 1. The fourth-order valence-corrected chi connectivity index (χ4v) is 3.79. The number of amides is 1. The summed E-state index contributed by atoms with van der Waals surface area (Å²) in [7, 11) is 0. The zero-order valence-corrected chi connectivity index (χ0v) is 15.2. The van der Waals surface area contributed by atoms with Crippen LogP contribution < -0.4 is 0 Å². The molecule has 0 spiro atoms. The summed E-state index contributed by atoms with van der Waals surface area (Å²) in [4.78, 5) is 14.3. The minimum Gasteiger partial charge on any atom is -0.509 e. The van der Waals surface area contributed by atoms with Gasteiger partial charge in [0, 0.05) is 12.3 Å². The molecule has 3 rings (SSSR count). The van der Waals surface area contributed by atoms with Gasteiger partial charge in [0.1, 0.15) is 10.7 Å². The largest absolute Gasteiger partial charge is 0.509 e. The maximum absolute atomic E-state index is 12.8. The third-order valence-electron chi connectivity index (χ3n) is 4.23. The zero-order valence-electron chi connectivity index (χ0n) is 14.4. The van der Waals surface area contributed by atoms with Crippen LogP contribution in [-0.2, 0) is 23.1 Å². The minimum atomic E-state index is -4.40. The predicted molar refractivity (Wildman–Crippen MR) is 99.1 cm³/mol. The number of nitrogens with zero attached hydrogens (tertiary/aromatic N) is 1. The van der Waals surface area contributed by atoms with Crippen molar-refractivity contribution in [2.45, 2.75) is 18.3 Å². The number of hydrogen-bond donors (Lipinski definition) is 1. The smallest absolute Gasteiger partial charge is 0.416 e. The molecule has 0 aliphatic carbocycles. The average molecular weight is 393 g/mol. The lowest BCUT2D eigenvalue weighted by molar-refractivity contribution is -0.137. The van der Waals surface area contributed by atoms with Crippen molar-refractivity contribution in [3.63, 3.8) is 0 Å². The van der Waals surface area contributed by atoms with Gasteiger partial charge < -0.3 is 10.0 Å². The summed E-state index contributed by atoms with van der Waals surface area (Å²) >= 11 is 1.07. The van der Waals surface area contributed by atoms with Gasteiger partial charge in [0.25, 0.3) is 5.91 Å². The Morgan fingerprint density at radius 1 is 1.04 bits per heavy atom. The number of hydrogen-bond acceptors (Lipinski definition) is 3. The predicted octanol–water partition coefficient (Wildman–Crippen LogP) is 4.79. The molecule has 0 unspecified atom stereocenters. The normalized spacial score (nSPS) is 14.9. The molecule has 2 aromatic carbocycles. The number of thioether (sulfide) groups is 1. The van der Waals surface area contributed by atoms with Crippen molar-refractivity contribution in [2.75, 3.05) is 13.1 Å². The van der Waals surface area contributed by atoms with Crippen LogP contribution >= 0.6 is 11.8 Å². The summed E-state index contributed by atoms with van der Waals surface area (Å²) in [5, 5.41) is 10.1. The van der Waals surface area contributed by atoms with Crippen molar-refractivity contribution in [2.24, 2.45) is 0 Å². The Kier molecular flexibility index (Phi) is 5.79. The third-order valence-corrected chi connectivity index (χ3v) is 5.41. The van der Waals surface area contributed by atoms with E-state index in [-0.39, 0.29) is 28.9 Å². The molecule has 1 amide bonds. The van der Waals surface area contributed by atoms with E-state index >= 15 is 0 Å². The first kappa shape index (κ1) is 19.4. The fourth-order valence-electron chi connectivity index (χ4n) is 2.82. The average Bonchev–Trinajstić information content (AvgIpc) is 2.92. The summed E-state index contributed by atoms with van der Waals surface area (Å²) in [6, 6.07) is 14.7. The SMILES string of the molecule is O=C1C(SCc2cccc(C(F)(F)F)c2)=C(O)CN1CCc1ccccc1. The zero-order chi connectivity index (χ0) is 19.4. The summed E-state index contributed by atoms with van der Waals surface area (Å²) in [5.41, 5.74) is 0.821. The number of alkyl halides is 3. The number of benzene rings is 2. The number of rotatable bonds is 6. The van der Waals surface area contributed by atoms with Crippen LogP contribution in [0.3, 0.4) is 0 Å². The van der Waals surface area contributed by atoms with E-state index in [1.807, 2.05) is 30.3 Å². The van der Waals surface area contributed by atoms with Crippen molar-refractivity contribution in [1.29, 1.82) is 0 Å². The molecule has 1 aliphatic rings. The van der Waals surface area contributed by atoms with Gasteiger partial charge in [-0.25, -0.2) is 0 Å². The van der Waals surface area contributed by atoms with Gasteiger partial charge in [0.2, 0.25) is 0 Å². The summed E-state index contributed by atoms with van der Waals surface area (Å²) in [6.45, 7) is 0.608. The number of aliphatic hydroxyl groups is 1. The highest BCUT2D eigenvalue weighted by atomic mass is 32.2. The Hall–Kier alpha value is -2.41. The molecule has 0 atom stereocenters. The highest BCUT2D eigenvalue weighted by Crippen LogP contribution is 2.33. The van der Waals surface area contributed by atoms with Crippen molar-refractivity contribution < 1.29 is 23.1 Å². The molecule has 1 aliphatic heterocycles. The number of halogens is 3. The first-order valence-corrected chi connectivity index (χ1v) is 9.37.